The number of aromatic hydroxyl groups is 1. The molecule has 1 aromatic rings. The lowest BCUT2D eigenvalue weighted by Gasteiger charge is -2.31. The molecule has 0 bridgehead atoms. The molecule has 10 nitrogen and oxygen atoms in total. The van der Waals surface area contributed by atoms with Crippen molar-refractivity contribution in [2.45, 2.75) is 66.0 Å². The first-order valence-electron chi connectivity index (χ1n) is 11.4. The first-order chi connectivity index (χ1) is 15.9. The number of alkyl carbamates (subject to hydrolysis) is 1. The smallest absolute Gasteiger partial charge is 0.408 e. The van der Waals surface area contributed by atoms with E-state index in [4.69, 9.17) is 9.47 Å². The number of benzene rings is 1. The lowest BCUT2D eigenvalue weighted by Crippen LogP contribution is -2.48. The molecule has 34 heavy (non-hydrogen) atoms. The molecule has 0 radical (unpaired) electrons. The van der Waals surface area contributed by atoms with E-state index in [-0.39, 0.29) is 38.4 Å². The summed E-state index contributed by atoms with van der Waals surface area (Å²) in [6.07, 6.45) is -0.196. The number of ether oxygens (including phenoxy) is 2. The van der Waals surface area contributed by atoms with Crippen molar-refractivity contribution >= 4 is 23.9 Å². The monoisotopic (exact) mass is 479 g/mol. The molecule has 0 aliphatic rings. The predicted octanol–water partition coefficient (Wildman–Crippen LogP) is 2.57. The fraction of sp³-hybridized carbons (Fsp3) is 0.583. The molecule has 0 fully saturated rings. The first kappa shape index (κ1) is 28.7. The molecule has 3 amide bonds. The van der Waals surface area contributed by atoms with Gasteiger partial charge in [0.25, 0.3) is 0 Å². The van der Waals surface area contributed by atoms with Gasteiger partial charge in [-0.05, 0) is 64.3 Å². The number of esters is 1. The average molecular weight is 480 g/mol. The Morgan fingerprint density at radius 2 is 1.79 bits per heavy atom. The summed E-state index contributed by atoms with van der Waals surface area (Å²) < 4.78 is 10.0. The van der Waals surface area contributed by atoms with Gasteiger partial charge in [0.1, 0.15) is 23.9 Å². The zero-order valence-corrected chi connectivity index (χ0v) is 20.9. The minimum absolute atomic E-state index is 0.0111. The van der Waals surface area contributed by atoms with Crippen LogP contribution in [0.5, 0.6) is 5.75 Å². The van der Waals surface area contributed by atoms with E-state index in [2.05, 4.69) is 10.6 Å². The van der Waals surface area contributed by atoms with E-state index in [0.29, 0.717) is 17.5 Å². The van der Waals surface area contributed by atoms with E-state index in [1.807, 2.05) is 6.92 Å². The van der Waals surface area contributed by atoms with Gasteiger partial charge in [0.05, 0.1) is 13.0 Å². The van der Waals surface area contributed by atoms with E-state index in [1.54, 1.807) is 46.8 Å². The average Bonchev–Trinajstić information content (AvgIpc) is 2.73. The van der Waals surface area contributed by atoms with Gasteiger partial charge in [-0.15, -0.1) is 0 Å². The quantitative estimate of drug-likeness (QED) is 0.415. The Labute approximate surface area is 201 Å². The second-order valence-electron chi connectivity index (χ2n) is 8.74. The molecule has 0 spiro atoms. The van der Waals surface area contributed by atoms with Gasteiger partial charge in [-0.2, -0.15) is 0 Å². The van der Waals surface area contributed by atoms with Crippen molar-refractivity contribution in [3.8, 4) is 5.75 Å². The minimum atomic E-state index is -1.03. The molecule has 0 heterocycles. The molecular formula is C24H37N3O7. The maximum Gasteiger partial charge on any atom is 0.408 e. The minimum Gasteiger partial charge on any atom is -0.508 e. The molecule has 190 valence electrons. The maximum absolute atomic E-state index is 13.2. The number of phenols is 1. The van der Waals surface area contributed by atoms with Crippen molar-refractivity contribution in [2.24, 2.45) is 0 Å². The van der Waals surface area contributed by atoms with Crippen molar-refractivity contribution in [3.05, 3.63) is 29.3 Å². The number of hydrogen-bond acceptors (Lipinski definition) is 7. The van der Waals surface area contributed by atoms with Crippen molar-refractivity contribution in [1.82, 2.24) is 15.5 Å². The van der Waals surface area contributed by atoms with Crippen LogP contribution in [0.2, 0.25) is 0 Å². The van der Waals surface area contributed by atoms with E-state index in [0.717, 1.165) is 0 Å². The summed E-state index contributed by atoms with van der Waals surface area (Å²) in [6.45, 7) is 10.5. The highest BCUT2D eigenvalue weighted by atomic mass is 16.6. The highest BCUT2D eigenvalue weighted by molar-refractivity contribution is 5.90. The third-order valence-electron chi connectivity index (χ3n) is 4.60. The van der Waals surface area contributed by atoms with Gasteiger partial charge in [-0.3, -0.25) is 14.4 Å². The third-order valence-corrected chi connectivity index (χ3v) is 4.60. The molecule has 0 saturated heterocycles. The molecule has 0 aliphatic carbocycles. The normalized spacial score (nSPS) is 11.8. The van der Waals surface area contributed by atoms with Gasteiger partial charge in [-0.25, -0.2) is 4.79 Å². The Balaban J connectivity index is 3.12. The number of rotatable bonds is 11. The van der Waals surface area contributed by atoms with Crippen molar-refractivity contribution in [2.75, 3.05) is 26.2 Å². The van der Waals surface area contributed by atoms with Gasteiger partial charge in [0, 0.05) is 13.1 Å². The summed E-state index contributed by atoms with van der Waals surface area (Å²) in [5.74, 6) is -1.36. The maximum atomic E-state index is 13.2. The molecule has 1 aromatic carbocycles. The molecule has 1 atom stereocenters. The topological polar surface area (TPSA) is 134 Å². The van der Waals surface area contributed by atoms with Gasteiger partial charge >= 0.3 is 12.1 Å². The fourth-order valence-corrected chi connectivity index (χ4v) is 3.14. The van der Waals surface area contributed by atoms with Crippen LogP contribution in [-0.4, -0.2) is 65.7 Å². The van der Waals surface area contributed by atoms with Crippen LogP contribution in [-0.2, 0) is 23.9 Å². The largest absolute Gasteiger partial charge is 0.508 e. The van der Waals surface area contributed by atoms with Crippen LogP contribution in [0.25, 0.3) is 0 Å². The molecule has 1 rings (SSSR count). The van der Waals surface area contributed by atoms with Crippen molar-refractivity contribution < 1.29 is 33.8 Å². The van der Waals surface area contributed by atoms with Crippen LogP contribution in [0.15, 0.2) is 18.2 Å². The zero-order chi connectivity index (χ0) is 25.9. The van der Waals surface area contributed by atoms with Crippen molar-refractivity contribution in [3.63, 3.8) is 0 Å². The highest BCUT2D eigenvalue weighted by Gasteiger charge is 2.31. The van der Waals surface area contributed by atoms with E-state index < -0.39 is 35.5 Å². The molecule has 0 aliphatic heterocycles. The fourth-order valence-electron chi connectivity index (χ4n) is 3.14. The van der Waals surface area contributed by atoms with Crippen molar-refractivity contribution in [1.29, 1.82) is 0 Å². The summed E-state index contributed by atoms with van der Waals surface area (Å²) in [5, 5.41) is 15.0. The van der Waals surface area contributed by atoms with Crippen LogP contribution in [0.4, 0.5) is 4.79 Å². The van der Waals surface area contributed by atoms with Crippen LogP contribution in [0.3, 0.4) is 0 Å². The number of carbonyl (C=O) groups is 4. The second-order valence-corrected chi connectivity index (χ2v) is 8.74. The Morgan fingerprint density at radius 3 is 2.35 bits per heavy atom. The summed E-state index contributed by atoms with van der Waals surface area (Å²) in [7, 11) is 0. The Bertz CT molecular complexity index is 865. The lowest BCUT2D eigenvalue weighted by molar-refractivity contribution is -0.143. The van der Waals surface area contributed by atoms with Gasteiger partial charge in [0.2, 0.25) is 11.8 Å². The summed E-state index contributed by atoms with van der Waals surface area (Å²) >= 11 is 0. The molecule has 10 heteroatoms. The molecule has 0 aromatic heterocycles. The molecule has 0 saturated carbocycles. The van der Waals surface area contributed by atoms with E-state index in [9.17, 15) is 24.3 Å². The predicted molar refractivity (Wildman–Crippen MR) is 126 cm³/mol. The molecular weight excluding hydrogens is 442 g/mol. The zero-order valence-electron chi connectivity index (χ0n) is 20.9. The number of hydrogen-bond donors (Lipinski definition) is 3. The highest BCUT2D eigenvalue weighted by Crippen LogP contribution is 2.26. The number of nitrogens with one attached hydrogen (secondary N) is 2. The van der Waals surface area contributed by atoms with Gasteiger partial charge in [-0.1, -0.05) is 13.0 Å². The number of phenolic OH excluding ortho intramolecular Hbond substituents is 1. The van der Waals surface area contributed by atoms with Gasteiger partial charge in [0.15, 0.2) is 0 Å². The summed E-state index contributed by atoms with van der Waals surface area (Å²) in [6, 6.07) is 3.61. The van der Waals surface area contributed by atoms with Crippen LogP contribution >= 0.6 is 0 Å². The van der Waals surface area contributed by atoms with Crippen LogP contribution < -0.4 is 10.6 Å². The molecule has 1 unspecified atom stereocenters. The summed E-state index contributed by atoms with van der Waals surface area (Å²) in [4.78, 5) is 51.3. The number of amides is 3. The Morgan fingerprint density at radius 1 is 1.12 bits per heavy atom. The summed E-state index contributed by atoms with van der Waals surface area (Å²) in [5.41, 5.74) is 0.307. The Hall–Kier alpha value is -3.30. The van der Waals surface area contributed by atoms with E-state index in [1.165, 1.54) is 11.0 Å². The van der Waals surface area contributed by atoms with Crippen LogP contribution in [0.1, 0.15) is 64.6 Å². The Kier molecular flexibility index (Phi) is 11.3. The second kappa shape index (κ2) is 13.4. The lowest BCUT2D eigenvalue weighted by atomic mass is 10.0. The van der Waals surface area contributed by atoms with Gasteiger partial charge < -0.3 is 30.1 Å². The number of aryl methyl sites for hydroxylation is 1. The number of carbonyl (C=O) groups excluding carboxylic acids is 4. The first-order valence-corrected chi connectivity index (χ1v) is 11.4. The number of nitrogens with zero attached hydrogens (tertiary/aromatic N) is 1. The van der Waals surface area contributed by atoms with Crippen LogP contribution in [0, 0.1) is 6.92 Å². The third kappa shape index (κ3) is 9.68. The molecule has 3 N–H and O–H groups in total. The SMILES string of the molecule is CCCN(C(=O)CNC(=O)OC(C)(C)C)C(C(=O)NCCC(=O)OCC)c1ccc(O)c(C)c1. The standard InChI is InChI=1S/C24H37N3O7/c1-7-13-27(19(29)15-26-23(32)34-24(4,5)6)21(17-9-10-18(28)16(3)14-17)22(31)25-12-11-20(30)33-8-2/h9-10,14,21,28H,7-8,11-13,15H2,1-6H3,(H,25,31)(H,26,32). The van der Waals surface area contributed by atoms with E-state index >= 15 is 0 Å².